The first kappa shape index (κ1) is 20.4. The summed E-state index contributed by atoms with van der Waals surface area (Å²) in [6, 6.07) is 8.76. The summed E-state index contributed by atoms with van der Waals surface area (Å²) in [6.07, 6.45) is 6.38. The van der Waals surface area contributed by atoms with Crippen LogP contribution >= 0.6 is 0 Å². The smallest absolute Gasteiger partial charge is 0.345 e. The van der Waals surface area contributed by atoms with Gasteiger partial charge >= 0.3 is 5.63 Å². The molecule has 1 aromatic carbocycles. The number of piperidine rings is 1. The van der Waals surface area contributed by atoms with E-state index in [1.54, 1.807) is 0 Å². The molecular weight excluding hydrogens is 414 g/mol. The second kappa shape index (κ2) is 7.70. The molecule has 2 saturated heterocycles. The zero-order chi connectivity index (χ0) is 22.7. The number of hydrogen-bond acceptors (Lipinski definition) is 6. The molecule has 5 heterocycles. The highest BCUT2D eigenvalue weighted by molar-refractivity contribution is 5.84. The van der Waals surface area contributed by atoms with Crippen molar-refractivity contribution < 1.29 is 4.42 Å². The second-order valence-electron chi connectivity index (χ2n) is 9.50. The Morgan fingerprint density at radius 1 is 1.12 bits per heavy atom. The summed E-state index contributed by atoms with van der Waals surface area (Å²) in [5, 5.41) is 0.906. The lowest BCUT2D eigenvalue weighted by Crippen LogP contribution is -2.44. The van der Waals surface area contributed by atoms with Crippen LogP contribution in [-0.2, 0) is 0 Å². The molecule has 2 fully saturated rings. The van der Waals surface area contributed by atoms with Crippen molar-refractivity contribution in [3.63, 3.8) is 0 Å². The molecular formula is C26H29N5O2. The maximum atomic E-state index is 12.9. The first-order chi connectivity index (χ1) is 16.0. The molecule has 2 atom stereocenters. The van der Waals surface area contributed by atoms with Crippen LogP contribution in [0.1, 0.15) is 31.2 Å². The number of aromatic nitrogens is 3. The number of aryl methyl sites for hydroxylation is 2. The molecule has 6 rings (SSSR count). The summed E-state index contributed by atoms with van der Waals surface area (Å²) in [5.74, 6) is 0.723. The fourth-order valence-corrected chi connectivity index (χ4v) is 5.79. The quantitative estimate of drug-likeness (QED) is 0.445. The van der Waals surface area contributed by atoms with E-state index < -0.39 is 0 Å². The third kappa shape index (κ3) is 3.42. The summed E-state index contributed by atoms with van der Waals surface area (Å²) in [6.45, 7) is 10.6. The first-order valence-electron chi connectivity index (χ1n) is 11.9. The maximum Gasteiger partial charge on any atom is 0.345 e. The number of benzene rings is 1. The molecule has 4 aromatic rings. The van der Waals surface area contributed by atoms with E-state index in [0.717, 1.165) is 53.7 Å². The van der Waals surface area contributed by atoms with Crippen LogP contribution in [0.25, 0.3) is 27.9 Å². The van der Waals surface area contributed by atoms with Crippen LogP contribution in [0.4, 0.5) is 5.69 Å². The Bertz CT molecular complexity index is 1420. The van der Waals surface area contributed by atoms with Crippen LogP contribution in [0.3, 0.4) is 0 Å². The summed E-state index contributed by atoms with van der Waals surface area (Å²) < 4.78 is 7.72. The Labute approximate surface area is 192 Å². The number of imidazole rings is 1. The molecule has 0 spiro atoms. The van der Waals surface area contributed by atoms with Crippen molar-refractivity contribution in [3.05, 3.63) is 58.5 Å². The van der Waals surface area contributed by atoms with Crippen molar-refractivity contribution in [1.82, 2.24) is 19.3 Å². The molecule has 0 saturated carbocycles. The summed E-state index contributed by atoms with van der Waals surface area (Å²) in [4.78, 5) is 27.1. The summed E-state index contributed by atoms with van der Waals surface area (Å²) in [5.41, 5.74) is 4.97. The van der Waals surface area contributed by atoms with E-state index in [1.807, 2.05) is 42.8 Å². The van der Waals surface area contributed by atoms with Crippen molar-refractivity contribution in [3.8, 4) is 11.3 Å². The lowest BCUT2D eigenvalue weighted by atomic mass is 9.92. The predicted octanol–water partition coefficient (Wildman–Crippen LogP) is 4.04. The number of anilines is 1. The highest BCUT2D eigenvalue weighted by atomic mass is 16.4. The van der Waals surface area contributed by atoms with Gasteiger partial charge in [-0.2, -0.15) is 0 Å². The Morgan fingerprint density at radius 2 is 2.00 bits per heavy atom. The SMILES string of the molecule is CCN1CCC[C@@H]2CN(c3ccc4cc(-c5cn6cc(C)nc(C)c6n5)c(=O)oc4c3)C[C@@H]21. The third-order valence-electron chi connectivity index (χ3n) is 7.39. The van der Waals surface area contributed by atoms with Gasteiger partial charge in [-0.3, -0.25) is 9.88 Å². The minimum atomic E-state index is -0.363. The van der Waals surface area contributed by atoms with Gasteiger partial charge in [-0.05, 0) is 63.9 Å². The molecule has 0 radical (unpaired) electrons. The lowest BCUT2D eigenvalue weighted by molar-refractivity contribution is 0.132. The second-order valence-corrected chi connectivity index (χ2v) is 9.50. The van der Waals surface area contributed by atoms with Gasteiger partial charge in [0.2, 0.25) is 0 Å². The van der Waals surface area contributed by atoms with Gasteiger partial charge in [0, 0.05) is 48.7 Å². The lowest BCUT2D eigenvalue weighted by Gasteiger charge is -2.35. The average molecular weight is 444 g/mol. The Kier molecular flexibility index (Phi) is 4.76. The first-order valence-corrected chi connectivity index (χ1v) is 11.9. The van der Waals surface area contributed by atoms with Gasteiger partial charge in [-0.25, -0.2) is 9.78 Å². The summed E-state index contributed by atoms with van der Waals surface area (Å²) >= 11 is 0. The van der Waals surface area contributed by atoms with E-state index in [-0.39, 0.29) is 5.63 Å². The minimum Gasteiger partial charge on any atom is -0.422 e. The standard InChI is InChI=1S/C26H29N5O2/c1-4-29-9-5-6-19-13-30(15-23(19)29)20-8-7-18-10-21(26(32)33-24(18)11-20)22-14-31-12-16(2)27-17(3)25(31)28-22/h7-8,10-12,14,19,23H,4-6,9,13,15H2,1-3H3/t19-,23+/m1/s1. The zero-order valence-corrected chi connectivity index (χ0v) is 19.4. The highest BCUT2D eigenvalue weighted by Gasteiger charge is 2.38. The fraction of sp³-hybridized carbons (Fsp3) is 0.423. The predicted molar refractivity (Wildman–Crippen MR) is 130 cm³/mol. The summed E-state index contributed by atoms with van der Waals surface area (Å²) in [7, 11) is 0. The number of fused-ring (bicyclic) bond motifs is 3. The molecule has 0 aliphatic carbocycles. The van der Waals surface area contributed by atoms with Crippen LogP contribution in [0.2, 0.25) is 0 Å². The van der Waals surface area contributed by atoms with Gasteiger partial charge < -0.3 is 13.7 Å². The molecule has 0 bridgehead atoms. The van der Waals surface area contributed by atoms with Crippen LogP contribution in [0, 0.1) is 19.8 Å². The molecule has 33 heavy (non-hydrogen) atoms. The molecule has 3 aromatic heterocycles. The van der Waals surface area contributed by atoms with E-state index in [9.17, 15) is 4.79 Å². The zero-order valence-electron chi connectivity index (χ0n) is 19.4. The van der Waals surface area contributed by atoms with Crippen LogP contribution < -0.4 is 10.5 Å². The number of hydrogen-bond donors (Lipinski definition) is 0. The van der Waals surface area contributed by atoms with Crippen LogP contribution in [-0.4, -0.2) is 51.5 Å². The van der Waals surface area contributed by atoms with Gasteiger partial charge in [0.25, 0.3) is 0 Å². The van der Waals surface area contributed by atoms with Crippen LogP contribution in [0.5, 0.6) is 0 Å². The molecule has 7 heteroatoms. The van der Waals surface area contributed by atoms with Gasteiger partial charge in [0.05, 0.1) is 22.6 Å². The Balaban J connectivity index is 1.35. The number of rotatable bonds is 3. The molecule has 170 valence electrons. The van der Waals surface area contributed by atoms with Gasteiger partial charge in [-0.15, -0.1) is 0 Å². The average Bonchev–Trinajstić information content (AvgIpc) is 3.42. The molecule has 7 nitrogen and oxygen atoms in total. The van der Waals surface area contributed by atoms with E-state index >= 15 is 0 Å². The van der Waals surface area contributed by atoms with Crippen molar-refractivity contribution >= 4 is 22.3 Å². The Morgan fingerprint density at radius 3 is 2.85 bits per heavy atom. The maximum absolute atomic E-state index is 12.9. The number of nitrogens with zero attached hydrogens (tertiary/aromatic N) is 5. The van der Waals surface area contributed by atoms with Gasteiger partial charge in [0.15, 0.2) is 5.65 Å². The highest BCUT2D eigenvalue weighted by Crippen LogP contribution is 2.34. The molecule has 2 aliphatic rings. The largest absolute Gasteiger partial charge is 0.422 e. The molecule has 0 amide bonds. The van der Waals surface area contributed by atoms with E-state index in [2.05, 4.69) is 38.8 Å². The van der Waals surface area contributed by atoms with E-state index in [0.29, 0.717) is 22.9 Å². The Hall–Kier alpha value is -3.19. The number of likely N-dealkylation sites (N-methyl/N-ethyl adjacent to an activating group) is 1. The fourth-order valence-electron chi connectivity index (χ4n) is 5.79. The molecule has 0 unspecified atom stereocenters. The number of likely N-dealkylation sites (tertiary alicyclic amines) is 1. The van der Waals surface area contributed by atoms with Crippen molar-refractivity contribution in [2.75, 3.05) is 31.1 Å². The van der Waals surface area contributed by atoms with Gasteiger partial charge in [0.1, 0.15) is 5.58 Å². The van der Waals surface area contributed by atoms with Gasteiger partial charge in [-0.1, -0.05) is 6.92 Å². The third-order valence-corrected chi connectivity index (χ3v) is 7.39. The normalized spacial score (nSPS) is 21.2. The topological polar surface area (TPSA) is 66.9 Å². The van der Waals surface area contributed by atoms with E-state index in [4.69, 9.17) is 4.42 Å². The minimum absolute atomic E-state index is 0.363. The van der Waals surface area contributed by atoms with Crippen molar-refractivity contribution in [1.29, 1.82) is 0 Å². The van der Waals surface area contributed by atoms with E-state index in [1.165, 1.54) is 19.4 Å². The monoisotopic (exact) mass is 443 g/mol. The molecule has 0 N–H and O–H groups in total. The molecule has 2 aliphatic heterocycles. The van der Waals surface area contributed by atoms with Crippen molar-refractivity contribution in [2.45, 2.75) is 39.7 Å². The van der Waals surface area contributed by atoms with Crippen molar-refractivity contribution in [2.24, 2.45) is 5.92 Å². The van der Waals surface area contributed by atoms with Crippen LogP contribution in [0.15, 0.2) is 45.9 Å².